The molecule has 0 saturated carbocycles. The fourth-order valence-electron chi connectivity index (χ4n) is 3.55. The van der Waals surface area contributed by atoms with Gasteiger partial charge >= 0.3 is 0 Å². The van der Waals surface area contributed by atoms with Crippen LogP contribution in [0.3, 0.4) is 0 Å². The first-order valence-corrected chi connectivity index (χ1v) is 8.21. The molecule has 2 unspecified atom stereocenters. The van der Waals surface area contributed by atoms with E-state index in [1.807, 2.05) is 13.8 Å². The normalized spacial score (nSPS) is 26.1. The molecule has 1 aliphatic heterocycles. The molecule has 1 rings (SSSR count). The lowest BCUT2D eigenvalue weighted by Crippen LogP contribution is -2.63. The fourth-order valence-corrected chi connectivity index (χ4v) is 3.55. The van der Waals surface area contributed by atoms with Gasteiger partial charge in [0.05, 0.1) is 18.8 Å². The van der Waals surface area contributed by atoms with Gasteiger partial charge in [-0.15, -0.1) is 6.42 Å². The van der Waals surface area contributed by atoms with Crippen molar-refractivity contribution < 1.29 is 14.9 Å². The lowest BCUT2D eigenvalue weighted by Gasteiger charge is -2.55. The van der Waals surface area contributed by atoms with E-state index in [1.165, 1.54) is 0 Å². The second kappa shape index (κ2) is 6.88. The van der Waals surface area contributed by atoms with Gasteiger partial charge in [0.1, 0.15) is 5.60 Å². The minimum absolute atomic E-state index is 0.164. The van der Waals surface area contributed by atoms with E-state index >= 15 is 0 Å². The van der Waals surface area contributed by atoms with Crippen molar-refractivity contribution in [3.05, 3.63) is 0 Å². The molecule has 22 heavy (non-hydrogen) atoms. The highest BCUT2D eigenvalue weighted by atomic mass is 16.5. The largest absolute Gasteiger partial charge is 0.393 e. The van der Waals surface area contributed by atoms with Crippen molar-refractivity contribution in [2.24, 2.45) is 0 Å². The summed E-state index contributed by atoms with van der Waals surface area (Å²) in [6.45, 7) is 13.0. The van der Waals surface area contributed by atoms with Crippen molar-refractivity contribution in [3.63, 3.8) is 0 Å². The zero-order valence-electron chi connectivity index (χ0n) is 15.0. The number of β-amino-alcohol motifs (C(OH)–C–C–N with tert-alkyl or cyclic N) is 1. The number of rotatable bonds is 6. The number of nitrogens with zero attached hydrogens (tertiary/aromatic N) is 1. The zero-order valence-corrected chi connectivity index (χ0v) is 15.0. The van der Waals surface area contributed by atoms with E-state index in [1.54, 1.807) is 0 Å². The van der Waals surface area contributed by atoms with Crippen LogP contribution in [0.1, 0.15) is 60.8 Å². The van der Waals surface area contributed by atoms with E-state index in [0.29, 0.717) is 25.8 Å². The van der Waals surface area contributed by atoms with E-state index in [2.05, 4.69) is 38.5 Å². The Hall–Kier alpha value is -0.600. The maximum atomic E-state index is 10.4. The highest BCUT2D eigenvalue weighted by Gasteiger charge is 2.45. The summed E-state index contributed by atoms with van der Waals surface area (Å²) in [7, 11) is 0. The summed E-state index contributed by atoms with van der Waals surface area (Å²) in [5.74, 6) is 2.65. The molecule has 1 aliphatic rings. The van der Waals surface area contributed by atoms with E-state index in [0.717, 1.165) is 0 Å². The van der Waals surface area contributed by atoms with Gasteiger partial charge in [0.25, 0.3) is 0 Å². The summed E-state index contributed by atoms with van der Waals surface area (Å²) in [6.07, 6.45) is 6.73. The van der Waals surface area contributed by atoms with Crippen molar-refractivity contribution in [1.82, 2.24) is 4.90 Å². The third-order valence-corrected chi connectivity index (χ3v) is 4.90. The van der Waals surface area contributed by atoms with Crippen molar-refractivity contribution in [1.29, 1.82) is 0 Å². The van der Waals surface area contributed by atoms with E-state index in [4.69, 9.17) is 11.2 Å². The second-order valence-electron chi connectivity index (χ2n) is 7.99. The van der Waals surface area contributed by atoms with Crippen LogP contribution < -0.4 is 0 Å². The van der Waals surface area contributed by atoms with E-state index in [9.17, 15) is 10.2 Å². The average molecular weight is 311 g/mol. The minimum Gasteiger partial charge on any atom is -0.393 e. The number of ether oxygens (including phenoxy) is 1. The Kier molecular flexibility index (Phi) is 6.08. The van der Waals surface area contributed by atoms with E-state index < -0.39 is 11.7 Å². The zero-order chi connectivity index (χ0) is 17.2. The predicted molar refractivity (Wildman–Crippen MR) is 89.6 cm³/mol. The van der Waals surface area contributed by atoms with Gasteiger partial charge in [0, 0.05) is 17.6 Å². The van der Waals surface area contributed by atoms with Gasteiger partial charge in [-0.25, -0.2) is 0 Å². The van der Waals surface area contributed by atoms with Crippen LogP contribution in [0.15, 0.2) is 0 Å². The van der Waals surface area contributed by atoms with Gasteiger partial charge in [0.15, 0.2) is 0 Å². The molecule has 0 bridgehead atoms. The third kappa shape index (κ3) is 4.70. The molecule has 4 heteroatoms. The maximum absolute atomic E-state index is 10.4. The van der Waals surface area contributed by atoms with E-state index in [-0.39, 0.29) is 23.8 Å². The number of aliphatic hydroxyl groups excluding tert-OH is 2. The molecule has 1 heterocycles. The molecule has 0 aromatic rings. The monoisotopic (exact) mass is 311 g/mol. The van der Waals surface area contributed by atoms with Gasteiger partial charge in [-0.2, -0.15) is 0 Å². The first-order chi connectivity index (χ1) is 9.96. The summed E-state index contributed by atoms with van der Waals surface area (Å²) < 4.78 is 5.73. The number of piperidine rings is 1. The highest BCUT2D eigenvalue weighted by Crippen LogP contribution is 2.38. The smallest absolute Gasteiger partial charge is 0.125 e. The molecule has 0 spiro atoms. The van der Waals surface area contributed by atoms with Gasteiger partial charge in [-0.05, 0) is 53.9 Å². The number of likely N-dealkylation sites (tertiary alicyclic amines) is 1. The Morgan fingerprint density at radius 1 is 1.32 bits per heavy atom. The molecule has 2 atom stereocenters. The SMILES string of the molecule is C#CC(C)(CC)OCC(O)CN1C(C)(C)CC(O)CC1(C)C. The second-order valence-corrected chi connectivity index (χ2v) is 7.99. The maximum Gasteiger partial charge on any atom is 0.125 e. The number of hydrogen-bond acceptors (Lipinski definition) is 4. The van der Waals surface area contributed by atoms with Crippen LogP contribution in [-0.4, -0.2) is 57.2 Å². The van der Waals surface area contributed by atoms with Crippen LogP contribution in [0.4, 0.5) is 0 Å². The van der Waals surface area contributed by atoms with Gasteiger partial charge in [0.2, 0.25) is 0 Å². The Morgan fingerprint density at radius 2 is 1.82 bits per heavy atom. The molecular weight excluding hydrogens is 278 g/mol. The lowest BCUT2D eigenvalue weighted by molar-refractivity contribution is -0.113. The van der Waals surface area contributed by atoms with Crippen LogP contribution in [0.5, 0.6) is 0 Å². The standard InChI is InChI=1S/C18H33NO3/c1-8-18(7,9-2)22-13-15(21)12-19-16(3,4)10-14(20)11-17(19,5)6/h1,14-15,20-21H,9-13H2,2-7H3. The third-order valence-electron chi connectivity index (χ3n) is 4.90. The van der Waals surface area contributed by atoms with Crippen LogP contribution in [0.25, 0.3) is 0 Å². The predicted octanol–water partition coefficient (Wildman–Crippen LogP) is 2.18. The van der Waals surface area contributed by atoms with Gasteiger partial charge < -0.3 is 14.9 Å². The Morgan fingerprint density at radius 3 is 2.23 bits per heavy atom. The highest BCUT2D eigenvalue weighted by molar-refractivity contribution is 5.05. The van der Waals surface area contributed by atoms with Crippen molar-refractivity contribution in [2.75, 3.05) is 13.2 Å². The molecule has 2 N–H and O–H groups in total. The Balaban J connectivity index is 2.70. The van der Waals surface area contributed by atoms with Crippen LogP contribution in [-0.2, 0) is 4.74 Å². The van der Waals surface area contributed by atoms with Crippen LogP contribution in [0.2, 0.25) is 0 Å². The summed E-state index contributed by atoms with van der Waals surface area (Å²) in [4.78, 5) is 2.28. The first kappa shape index (κ1) is 19.4. The fraction of sp³-hybridized carbons (Fsp3) is 0.889. The first-order valence-electron chi connectivity index (χ1n) is 8.21. The molecule has 0 aromatic carbocycles. The van der Waals surface area contributed by atoms with Crippen LogP contribution >= 0.6 is 0 Å². The molecule has 0 radical (unpaired) electrons. The lowest BCUT2D eigenvalue weighted by atomic mass is 9.78. The summed E-state index contributed by atoms with van der Waals surface area (Å²) in [5.41, 5.74) is -0.950. The molecule has 1 fully saturated rings. The molecular formula is C18H33NO3. The molecule has 0 aliphatic carbocycles. The van der Waals surface area contributed by atoms with Crippen molar-refractivity contribution >= 4 is 0 Å². The molecule has 4 nitrogen and oxygen atoms in total. The van der Waals surface area contributed by atoms with Crippen molar-refractivity contribution in [2.45, 2.75) is 89.7 Å². The number of hydrogen-bond donors (Lipinski definition) is 2. The summed E-state index contributed by atoms with van der Waals surface area (Å²) >= 11 is 0. The molecule has 128 valence electrons. The van der Waals surface area contributed by atoms with Gasteiger partial charge in [-0.1, -0.05) is 12.8 Å². The molecule has 0 amide bonds. The number of aliphatic hydroxyl groups is 2. The Bertz CT molecular complexity index is 395. The van der Waals surface area contributed by atoms with Crippen molar-refractivity contribution in [3.8, 4) is 12.3 Å². The molecule has 1 saturated heterocycles. The quantitative estimate of drug-likeness (QED) is 0.738. The summed E-state index contributed by atoms with van der Waals surface area (Å²) in [6, 6.07) is 0. The molecule has 0 aromatic heterocycles. The minimum atomic E-state index is -0.621. The number of terminal acetylenes is 1. The van der Waals surface area contributed by atoms with Crippen LogP contribution in [0, 0.1) is 12.3 Å². The average Bonchev–Trinajstić information content (AvgIpc) is 2.39. The topological polar surface area (TPSA) is 52.9 Å². The summed E-state index contributed by atoms with van der Waals surface area (Å²) in [5, 5.41) is 20.5. The Labute approximate surface area is 135 Å². The van der Waals surface area contributed by atoms with Gasteiger partial charge in [-0.3, -0.25) is 4.90 Å².